The molecule has 1 heterocycles. The Morgan fingerprint density at radius 1 is 1.43 bits per heavy atom. The second kappa shape index (κ2) is 7.31. The minimum absolute atomic E-state index is 0.209. The van der Waals surface area contributed by atoms with Gasteiger partial charge < -0.3 is 14.0 Å². The molecule has 0 fully saturated rings. The fraction of sp³-hybridized carbons (Fsp3) is 0.467. The third-order valence-electron chi connectivity index (χ3n) is 3.20. The van der Waals surface area contributed by atoms with Crippen LogP contribution in [0.3, 0.4) is 0 Å². The lowest BCUT2D eigenvalue weighted by molar-refractivity contribution is -0.143. The summed E-state index contributed by atoms with van der Waals surface area (Å²) < 4.78 is 12.2. The maximum absolute atomic E-state index is 11.6. The monoisotopic (exact) mass is 310 g/mol. The zero-order valence-electron chi connectivity index (χ0n) is 12.3. The summed E-state index contributed by atoms with van der Waals surface area (Å²) in [6.45, 7) is 2.72. The van der Waals surface area contributed by atoms with E-state index in [2.05, 4.69) is 4.98 Å². The summed E-state index contributed by atoms with van der Waals surface area (Å²) in [5.41, 5.74) is 1.82. The predicted octanol–water partition coefficient (Wildman–Crippen LogP) is 2.78. The van der Waals surface area contributed by atoms with Crippen molar-refractivity contribution in [2.24, 2.45) is 0 Å². The van der Waals surface area contributed by atoms with Gasteiger partial charge in [0.05, 0.1) is 31.2 Å². The van der Waals surface area contributed by atoms with Crippen LogP contribution in [0.25, 0.3) is 11.0 Å². The summed E-state index contributed by atoms with van der Waals surface area (Å²) in [6, 6.07) is 5.70. The van der Waals surface area contributed by atoms with Gasteiger partial charge in [-0.05, 0) is 19.1 Å². The number of aromatic nitrogens is 2. The average Bonchev–Trinajstić information content (AvgIpc) is 2.82. The fourth-order valence-corrected chi connectivity index (χ4v) is 2.41. The number of alkyl halides is 1. The molecule has 0 radical (unpaired) electrons. The van der Waals surface area contributed by atoms with Gasteiger partial charge in [-0.2, -0.15) is 0 Å². The molecular formula is C15H19ClN2O3. The molecule has 2 rings (SSSR count). The minimum Gasteiger partial charge on any atom is -0.497 e. The standard InChI is InChI=1S/C15H19ClN2O3/c1-3-21-15(19)7-9-18-13-10-11(20-2)4-5-12(13)17-14(18)6-8-16/h4-5,10H,3,6-9H2,1-2H3. The van der Waals surface area contributed by atoms with Gasteiger partial charge in [0.25, 0.3) is 0 Å². The maximum atomic E-state index is 11.6. The van der Waals surface area contributed by atoms with Crippen LogP contribution in [-0.4, -0.2) is 35.1 Å². The molecular weight excluding hydrogens is 292 g/mol. The summed E-state index contributed by atoms with van der Waals surface area (Å²) >= 11 is 5.84. The molecule has 0 aliphatic rings. The predicted molar refractivity (Wildman–Crippen MR) is 82.0 cm³/mol. The molecule has 0 amide bonds. The third kappa shape index (κ3) is 3.67. The van der Waals surface area contributed by atoms with Gasteiger partial charge >= 0.3 is 5.97 Å². The van der Waals surface area contributed by atoms with Gasteiger partial charge in [-0.25, -0.2) is 4.98 Å². The Kier molecular flexibility index (Phi) is 5.44. The number of rotatable bonds is 7. The van der Waals surface area contributed by atoms with Gasteiger partial charge in [0.2, 0.25) is 0 Å². The molecule has 1 aromatic heterocycles. The van der Waals surface area contributed by atoms with Crippen molar-refractivity contribution < 1.29 is 14.3 Å². The van der Waals surface area contributed by atoms with Crippen LogP contribution in [0, 0.1) is 0 Å². The molecule has 5 nitrogen and oxygen atoms in total. The number of carbonyl (C=O) groups excluding carboxylic acids is 1. The first-order valence-electron chi connectivity index (χ1n) is 6.94. The van der Waals surface area contributed by atoms with Crippen molar-refractivity contribution in [3.63, 3.8) is 0 Å². The van der Waals surface area contributed by atoms with Crippen LogP contribution in [0.5, 0.6) is 5.75 Å². The third-order valence-corrected chi connectivity index (χ3v) is 3.39. The van der Waals surface area contributed by atoms with Crippen molar-refractivity contribution in [1.82, 2.24) is 9.55 Å². The van der Waals surface area contributed by atoms with Crippen LogP contribution >= 0.6 is 11.6 Å². The molecule has 0 aliphatic heterocycles. The number of hydrogen-bond donors (Lipinski definition) is 0. The Labute approximate surface area is 128 Å². The molecule has 0 aliphatic carbocycles. The van der Waals surface area contributed by atoms with Crippen LogP contribution in [0.1, 0.15) is 19.2 Å². The Hall–Kier alpha value is -1.75. The number of benzene rings is 1. The number of halogens is 1. The summed E-state index contributed by atoms with van der Waals surface area (Å²) in [5, 5.41) is 0. The molecule has 0 saturated heterocycles. The number of methoxy groups -OCH3 is 1. The highest BCUT2D eigenvalue weighted by molar-refractivity contribution is 6.17. The van der Waals surface area contributed by atoms with E-state index in [1.54, 1.807) is 14.0 Å². The summed E-state index contributed by atoms with van der Waals surface area (Å²) in [7, 11) is 1.63. The first kappa shape index (κ1) is 15.6. The van der Waals surface area contributed by atoms with Gasteiger partial charge in [-0.1, -0.05) is 0 Å². The van der Waals surface area contributed by atoms with Gasteiger partial charge in [-0.3, -0.25) is 4.79 Å². The number of esters is 1. The highest BCUT2D eigenvalue weighted by atomic mass is 35.5. The fourth-order valence-electron chi connectivity index (χ4n) is 2.24. The minimum atomic E-state index is -0.209. The van der Waals surface area contributed by atoms with Crippen LogP contribution in [0.2, 0.25) is 0 Å². The highest BCUT2D eigenvalue weighted by Crippen LogP contribution is 2.23. The smallest absolute Gasteiger partial charge is 0.307 e. The van der Waals surface area contributed by atoms with Crippen molar-refractivity contribution >= 4 is 28.6 Å². The van der Waals surface area contributed by atoms with E-state index in [1.165, 1.54) is 0 Å². The zero-order chi connectivity index (χ0) is 15.2. The first-order chi connectivity index (χ1) is 10.2. The first-order valence-corrected chi connectivity index (χ1v) is 7.47. The van der Waals surface area contributed by atoms with Crippen LogP contribution in [-0.2, 0) is 22.5 Å². The largest absolute Gasteiger partial charge is 0.497 e. The van der Waals surface area contributed by atoms with Crippen LogP contribution in [0.4, 0.5) is 0 Å². The number of aryl methyl sites for hydroxylation is 2. The number of fused-ring (bicyclic) bond motifs is 1. The Bertz CT molecular complexity index is 625. The number of imidazole rings is 1. The quantitative estimate of drug-likeness (QED) is 0.583. The second-order valence-corrected chi connectivity index (χ2v) is 4.91. The molecule has 6 heteroatoms. The van der Waals surface area contributed by atoms with Crippen LogP contribution < -0.4 is 4.74 Å². The zero-order valence-corrected chi connectivity index (χ0v) is 13.0. The average molecular weight is 311 g/mol. The summed E-state index contributed by atoms with van der Waals surface area (Å²) in [6.07, 6.45) is 0.965. The summed E-state index contributed by atoms with van der Waals surface area (Å²) in [4.78, 5) is 16.1. The molecule has 21 heavy (non-hydrogen) atoms. The van der Waals surface area contributed by atoms with E-state index in [-0.39, 0.29) is 5.97 Å². The Morgan fingerprint density at radius 2 is 2.24 bits per heavy atom. The van der Waals surface area contributed by atoms with Crippen molar-refractivity contribution in [3.8, 4) is 5.75 Å². The van der Waals surface area contributed by atoms with Crippen molar-refractivity contribution in [2.45, 2.75) is 26.3 Å². The number of carbonyl (C=O) groups is 1. The van der Waals surface area contributed by atoms with E-state index in [9.17, 15) is 4.79 Å². The molecule has 1 aromatic carbocycles. The molecule has 2 aromatic rings. The lowest BCUT2D eigenvalue weighted by Crippen LogP contribution is -2.11. The van der Waals surface area contributed by atoms with Crippen molar-refractivity contribution in [1.29, 1.82) is 0 Å². The topological polar surface area (TPSA) is 53.4 Å². The Morgan fingerprint density at radius 3 is 2.90 bits per heavy atom. The molecule has 0 N–H and O–H groups in total. The molecule has 0 spiro atoms. The molecule has 0 atom stereocenters. The molecule has 0 unspecified atom stereocenters. The van der Waals surface area contributed by atoms with Crippen molar-refractivity contribution in [3.05, 3.63) is 24.0 Å². The number of ether oxygens (including phenoxy) is 2. The lowest BCUT2D eigenvalue weighted by atomic mass is 10.3. The van der Waals surface area contributed by atoms with E-state index < -0.39 is 0 Å². The van der Waals surface area contributed by atoms with E-state index in [0.717, 1.165) is 22.6 Å². The maximum Gasteiger partial charge on any atom is 0.307 e. The van der Waals surface area contributed by atoms with E-state index in [1.807, 2.05) is 22.8 Å². The molecule has 114 valence electrons. The highest BCUT2D eigenvalue weighted by Gasteiger charge is 2.13. The van der Waals surface area contributed by atoms with Gasteiger partial charge in [-0.15, -0.1) is 11.6 Å². The SMILES string of the molecule is CCOC(=O)CCn1c(CCCl)nc2ccc(OC)cc21. The lowest BCUT2D eigenvalue weighted by Gasteiger charge is -2.09. The Balaban J connectivity index is 2.32. The van der Waals surface area contributed by atoms with E-state index in [4.69, 9.17) is 21.1 Å². The van der Waals surface area contributed by atoms with Crippen LogP contribution in [0.15, 0.2) is 18.2 Å². The normalized spacial score (nSPS) is 10.8. The molecule has 0 saturated carbocycles. The van der Waals surface area contributed by atoms with E-state index >= 15 is 0 Å². The van der Waals surface area contributed by atoms with Crippen molar-refractivity contribution in [2.75, 3.05) is 19.6 Å². The van der Waals surface area contributed by atoms with Gasteiger partial charge in [0, 0.05) is 24.9 Å². The second-order valence-electron chi connectivity index (χ2n) is 4.53. The molecule has 0 bridgehead atoms. The van der Waals surface area contributed by atoms with Gasteiger partial charge in [0.15, 0.2) is 0 Å². The van der Waals surface area contributed by atoms with E-state index in [0.29, 0.717) is 31.9 Å². The number of hydrogen-bond acceptors (Lipinski definition) is 4. The number of nitrogens with zero attached hydrogens (tertiary/aromatic N) is 2. The van der Waals surface area contributed by atoms with Gasteiger partial charge in [0.1, 0.15) is 11.6 Å². The summed E-state index contributed by atoms with van der Waals surface area (Å²) in [5.74, 6) is 1.91.